The first-order chi connectivity index (χ1) is 10.6. The van der Waals surface area contributed by atoms with Crippen LogP contribution in [0.4, 0.5) is 13.8 Å². The number of nitriles is 1. The number of hydrogen-bond donors (Lipinski definition) is 0. The molecular weight excluding hydrogens is 308 g/mol. The first kappa shape index (κ1) is 14.9. The van der Waals surface area contributed by atoms with Crippen LogP contribution in [0.25, 0.3) is 0 Å². The molecular formula is C15H13F2N3OS. The number of nitrogens with zero attached hydrogens (tertiary/aromatic N) is 3. The summed E-state index contributed by atoms with van der Waals surface area (Å²) in [6.45, 7) is 3.36. The maximum Gasteiger partial charge on any atom is 0.159 e. The van der Waals surface area contributed by atoms with Gasteiger partial charge in [-0.2, -0.15) is 9.64 Å². The number of benzene rings is 1. The largest absolute Gasteiger partial charge is 0.370 e. The molecule has 0 radical (unpaired) electrons. The number of rotatable bonds is 2. The molecule has 0 unspecified atom stereocenters. The van der Waals surface area contributed by atoms with Crippen molar-refractivity contribution in [3.63, 3.8) is 0 Å². The minimum Gasteiger partial charge on any atom is -0.370 e. The van der Waals surface area contributed by atoms with Crippen LogP contribution >= 0.6 is 11.5 Å². The summed E-state index contributed by atoms with van der Waals surface area (Å²) in [6, 6.07) is 5.95. The summed E-state index contributed by atoms with van der Waals surface area (Å²) >= 11 is 1.27. The van der Waals surface area contributed by atoms with E-state index in [9.17, 15) is 14.0 Å². The van der Waals surface area contributed by atoms with Gasteiger partial charge in [0.25, 0.3) is 0 Å². The molecule has 1 aliphatic rings. The molecule has 1 aliphatic heterocycles. The molecule has 1 saturated heterocycles. The van der Waals surface area contributed by atoms with Crippen LogP contribution in [-0.2, 0) is 4.74 Å². The molecule has 3 rings (SSSR count). The summed E-state index contributed by atoms with van der Waals surface area (Å²) in [4.78, 5) is 2.01. The van der Waals surface area contributed by atoms with Crippen LogP contribution in [0.1, 0.15) is 22.9 Å². The minimum absolute atomic E-state index is 0.363. The molecule has 114 valence electrons. The lowest BCUT2D eigenvalue weighted by Gasteiger charge is -2.33. The van der Waals surface area contributed by atoms with Crippen molar-refractivity contribution in [1.29, 1.82) is 5.26 Å². The molecule has 0 spiro atoms. The van der Waals surface area contributed by atoms with E-state index in [0.717, 1.165) is 17.1 Å². The number of morpholine rings is 1. The van der Waals surface area contributed by atoms with Crippen molar-refractivity contribution in [3.8, 4) is 6.07 Å². The summed E-state index contributed by atoms with van der Waals surface area (Å²) < 4.78 is 36.3. The Morgan fingerprint density at radius 3 is 2.95 bits per heavy atom. The summed E-state index contributed by atoms with van der Waals surface area (Å²) in [7, 11) is 0. The molecule has 0 aliphatic carbocycles. The number of aryl methyl sites for hydroxylation is 1. The van der Waals surface area contributed by atoms with Gasteiger partial charge in [-0.05, 0) is 36.2 Å². The highest BCUT2D eigenvalue weighted by Gasteiger charge is 2.26. The summed E-state index contributed by atoms with van der Waals surface area (Å²) in [5.41, 5.74) is 1.86. The number of aromatic nitrogens is 1. The Bertz CT molecular complexity index is 741. The Morgan fingerprint density at radius 1 is 1.41 bits per heavy atom. The van der Waals surface area contributed by atoms with E-state index in [2.05, 4.69) is 10.4 Å². The quantitative estimate of drug-likeness (QED) is 0.852. The van der Waals surface area contributed by atoms with Gasteiger partial charge < -0.3 is 9.64 Å². The molecule has 22 heavy (non-hydrogen) atoms. The van der Waals surface area contributed by atoms with Crippen LogP contribution in [0.2, 0.25) is 0 Å². The first-order valence-corrected chi connectivity index (χ1v) is 7.55. The molecule has 2 aromatic rings. The van der Waals surface area contributed by atoms with Gasteiger partial charge in [-0.3, -0.25) is 0 Å². The third kappa shape index (κ3) is 2.67. The van der Waals surface area contributed by atoms with Crippen LogP contribution in [0.5, 0.6) is 0 Å². The lowest BCUT2D eigenvalue weighted by Crippen LogP contribution is -2.38. The van der Waals surface area contributed by atoms with Gasteiger partial charge in [0.2, 0.25) is 0 Å². The highest BCUT2D eigenvalue weighted by atomic mass is 32.1. The van der Waals surface area contributed by atoms with E-state index in [1.807, 2.05) is 4.90 Å². The molecule has 0 amide bonds. The van der Waals surface area contributed by atoms with Crippen molar-refractivity contribution < 1.29 is 13.5 Å². The van der Waals surface area contributed by atoms with E-state index in [4.69, 9.17) is 4.74 Å². The van der Waals surface area contributed by atoms with Crippen LogP contribution in [-0.4, -0.2) is 24.1 Å². The number of hydrogen-bond acceptors (Lipinski definition) is 5. The lowest BCUT2D eigenvalue weighted by atomic mass is 10.1. The van der Waals surface area contributed by atoms with Crippen LogP contribution in [0, 0.1) is 29.9 Å². The maximum absolute atomic E-state index is 13.4. The van der Waals surface area contributed by atoms with Crippen LogP contribution < -0.4 is 4.90 Å². The van der Waals surface area contributed by atoms with Gasteiger partial charge in [-0.1, -0.05) is 6.07 Å². The van der Waals surface area contributed by atoms with Gasteiger partial charge in [-0.15, -0.1) is 0 Å². The van der Waals surface area contributed by atoms with E-state index >= 15 is 0 Å². The molecule has 0 N–H and O–H groups in total. The van der Waals surface area contributed by atoms with Gasteiger partial charge in [0, 0.05) is 13.1 Å². The second-order valence-electron chi connectivity index (χ2n) is 5.04. The van der Waals surface area contributed by atoms with Gasteiger partial charge in [0.1, 0.15) is 22.7 Å². The van der Waals surface area contributed by atoms with E-state index in [0.29, 0.717) is 36.5 Å². The van der Waals surface area contributed by atoms with Crippen molar-refractivity contribution in [1.82, 2.24) is 4.37 Å². The van der Waals surface area contributed by atoms with Crippen LogP contribution in [0.15, 0.2) is 18.2 Å². The van der Waals surface area contributed by atoms with Crippen molar-refractivity contribution in [3.05, 3.63) is 46.7 Å². The Kier molecular flexibility index (Phi) is 4.05. The van der Waals surface area contributed by atoms with Gasteiger partial charge in [0.05, 0.1) is 12.3 Å². The topological polar surface area (TPSA) is 49.2 Å². The number of ether oxygens (including phenoxy) is 1. The monoisotopic (exact) mass is 321 g/mol. The van der Waals surface area contributed by atoms with E-state index in [1.54, 1.807) is 6.92 Å². The van der Waals surface area contributed by atoms with E-state index in [1.165, 1.54) is 17.6 Å². The molecule has 4 nitrogen and oxygen atoms in total. The standard InChI is InChI=1S/C15H13F2N3OS/c1-9-11(7-18)15(22-19-9)20-4-5-21-14(8-20)10-2-3-12(16)13(17)6-10/h2-3,6,14H,4-5,8H2,1H3/t14-/m0/s1. The van der Waals surface area contributed by atoms with Gasteiger partial charge in [-0.25, -0.2) is 8.78 Å². The molecule has 0 bridgehead atoms. The normalized spacial score (nSPS) is 18.3. The first-order valence-electron chi connectivity index (χ1n) is 6.78. The Balaban J connectivity index is 1.85. The fraction of sp³-hybridized carbons (Fsp3) is 0.333. The van der Waals surface area contributed by atoms with Gasteiger partial charge >= 0.3 is 0 Å². The van der Waals surface area contributed by atoms with Crippen LogP contribution in [0.3, 0.4) is 0 Å². The zero-order valence-corrected chi connectivity index (χ0v) is 12.7. The number of anilines is 1. The van der Waals surface area contributed by atoms with Gasteiger partial charge in [0.15, 0.2) is 11.6 Å². The fourth-order valence-corrected chi connectivity index (χ4v) is 3.33. The predicted molar refractivity (Wildman–Crippen MR) is 78.8 cm³/mol. The molecule has 1 fully saturated rings. The van der Waals surface area contributed by atoms with E-state index in [-0.39, 0.29) is 6.10 Å². The zero-order chi connectivity index (χ0) is 15.7. The SMILES string of the molecule is Cc1nsc(N2CCO[C@H](c3ccc(F)c(F)c3)C2)c1C#N. The third-order valence-electron chi connectivity index (χ3n) is 3.63. The Hall–Kier alpha value is -2.04. The highest BCUT2D eigenvalue weighted by molar-refractivity contribution is 7.10. The molecule has 7 heteroatoms. The average Bonchev–Trinajstić information content (AvgIpc) is 2.91. The molecule has 1 atom stereocenters. The second-order valence-corrected chi connectivity index (χ2v) is 5.79. The van der Waals surface area contributed by atoms with Crippen molar-refractivity contribution >= 4 is 16.5 Å². The van der Waals surface area contributed by atoms with Crippen molar-refractivity contribution in [2.75, 3.05) is 24.6 Å². The fourth-order valence-electron chi connectivity index (χ4n) is 2.45. The minimum atomic E-state index is -0.885. The smallest absolute Gasteiger partial charge is 0.159 e. The number of halogens is 2. The predicted octanol–water partition coefficient (Wildman–Crippen LogP) is 3.18. The Labute approximate surface area is 130 Å². The molecule has 0 saturated carbocycles. The molecule has 2 heterocycles. The lowest BCUT2D eigenvalue weighted by molar-refractivity contribution is 0.0397. The Morgan fingerprint density at radius 2 is 2.23 bits per heavy atom. The summed E-state index contributed by atoms with van der Waals surface area (Å²) in [6.07, 6.45) is -0.363. The molecule has 1 aromatic carbocycles. The summed E-state index contributed by atoms with van der Waals surface area (Å²) in [5, 5.41) is 10.0. The average molecular weight is 321 g/mol. The zero-order valence-electron chi connectivity index (χ0n) is 11.8. The van der Waals surface area contributed by atoms with Crippen molar-refractivity contribution in [2.24, 2.45) is 0 Å². The molecule has 1 aromatic heterocycles. The van der Waals surface area contributed by atoms with E-state index < -0.39 is 11.6 Å². The summed E-state index contributed by atoms with van der Waals surface area (Å²) in [5.74, 6) is -1.76. The highest BCUT2D eigenvalue weighted by Crippen LogP contribution is 2.32. The van der Waals surface area contributed by atoms with Crippen molar-refractivity contribution in [2.45, 2.75) is 13.0 Å². The third-order valence-corrected chi connectivity index (χ3v) is 4.63. The maximum atomic E-state index is 13.4. The second kappa shape index (κ2) is 5.99.